The maximum absolute atomic E-state index is 6.39. The topological polar surface area (TPSA) is 4.93 Å². The predicted molar refractivity (Wildman–Crippen MR) is 116 cm³/mol. The minimum absolute atomic E-state index is 0.622. The van der Waals surface area contributed by atoms with Crippen LogP contribution >= 0.6 is 23.4 Å². The second-order valence-electron chi connectivity index (χ2n) is 7.29. The Hall–Kier alpha value is -1.38. The largest absolute Gasteiger partial charge is 0.343 e. The normalized spacial score (nSPS) is 17.3. The molecule has 0 fully saturated rings. The number of nitrogens with zero attached hydrogens (tertiary/aromatic N) is 1. The van der Waals surface area contributed by atoms with Gasteiger partial charge in [0.1, 0.15) is 0 Å². The molecule has 26 heavy (non-hydrogen) atoms. The van der Waals surface area contributed by atoms with Crippen molar-refractivity contribution in [3.05, 3.63) is 57.7 Å². The second-order valence-corrected chi connectivity index (χ2v) is 8.78. The first kappa shape index (κ1) is 19.4. The number of hydrogen-bond acceptors (Lipinski definition) is 1. The van der Waals surface area contributed by atoms with Gasteiger partial charge in [-0.3, -0.25) is 0 Å². The molecule has 1 nitrogen and oxygen atoms in total. The van der Waals surface area contributed by atoms with Crippen LogP contribution in [0.2, 0.25) is 5.02 Å². The highest BCUT2D eigenvalue weighted by atomic mass is 35.5. The van der Waals surface area contributed by atoms with Gasteiger partial charge >= 0.3 is 0 Å². The molecular formula is C23H28ClNS. The molecule has 1 atom stereocenters. The Labute approximate surface area is 166 Å². The van der Waals surface area contributed by atoms with Crippen LogP contribution in [0.5, 0.6) is 0 Å². The Kier molecular flexibility index (Phi) is 6.04. The van der Waals surface area contributed by atoms with E-state index in [-0.39, 0.29) is 0 Å². The molecule has 3 heteroatoms. The molecule has 1 aliphatic rings. The molecule has 0 saturated heterocycles. The van der Waals surface area contributed by atoms with Crippen LogP contribution in [-0.2, 0) is 6.54 Å². The highest BCUT2D eigenvalue weighted by Crippen LogP contribution is 2.38. The van der Waals surface area contributed by atoms with E-state index in [0.29, 0.717) is 5.92 Å². The summed E-state index contributed by atoms with van der Waals surface area (Å²) in [6.45, 7) is 13.9. The maximum atomic E-state index is 6.39. The first-order chi connectivity index (χ1) is 12.5. The number of halogens is 1. The molecule has 0 spiro atoms. The summed E-state index contributed by atoms with van der Waals surface area (Å²) in [5.74, 6) is 0.622. The number of aryl methyl sites for hydroxylation is 1. The smallest absolute Gasteiger partial charge is 0.0493 e. The zero-order valence-corrected chi connectivity index (χ0v) is 17.8. The maximum Gasteiger partial charge on any atom is 0.0493 e. The molecule has 138 valence electrons. The second kappa shape index (κ2) is 8.10. The number of fused-ring (bicyclic) bond motifs is 1. The summed E-state index contributed by atoms with van der Waals surface area (Å²) in [7, 11) is 0. The lowest BCUT2D eigenvalue weighted by Crippen LogP contribution is -2.32. The molecule has 0 radical (unpaired) electrons. The van der Waals surface area contributed by atoms with Crippen LogP contribution in [0.4, 0.5) is 0 Å². The minimum atomic E-state index is 0.622. The SMILES string of the molecule is C=C/C=c1\c(=C(C)C)c(Sc2ccc(C)c(Cl)c2)c2n1CCCC2CC. The van der Waals surface area contributed by atoms with E-state index in [2.05, 4.69) is 63.1 Å². The molecule has 1 aromatic heterocycles. The average molecular weight is 386 g/mol. The first-order valence-corrected chi connectivity index (χ1v) is 10.6. The van der Waals surface area contributed by atoms with E-state index >= 15 is 0 Å². The van der Waals surface area contributed by atoms with Crippen LogP contribution in [0, 0.1) is 6.92 Å². The predicted octanol–water partition coefficient (Wildman–Crippen LogP) is 6.05. The van der Waals surface area contributed by atoms with Crippen LogP contribution in [0.1, 0.15) is 57.2 Å². The van der Waals surface area contributed by atoms with Gasteiger partial charge in [0.15, 0.2) is 0 Å². The third-order valence-corrected chi connectivity index (χ3v) is 6.76. The van der Waals surface area contributed by atoms with Gasteiger partial charge in [-0.15, -0.1) is 0 Å². The number of aromatic nitrogens is 1. The van der Waals surface area contributed by atoms with E-state index < -0.39 is 0 Å². The van der Waals surface area contributed by atoms with E-state index in [0.717, 1.165) is 17.1 Å². The fourth-order valence-electron chi connectivity index (χ4n) is 3.93. The quantitative estimate of drug-likeness (QED) is 0.620. The summed E-state index contributed by atoms with van der Waals surface area (Å²) in [6, 6.07) is 6.40. The summed E-state index contributed by atoms with van der Waals surface area (Å²) in [4.78, 5) is 2.62. The van der Waals surface area contributed by atoms with Gasteiger partial charge in [0.05, 0.1) is 0 Å². The van der Waals surface area contributed by atoms with Crippen molar-refractivity contribution in [1.82, 2.24) is 4.57 Å². The third kappa shape index (κ3) is 3.54. The molecule has 0 saturated carbocycles. The summed E-state index contributed by atoms with van der Waals surface area (Å²) in [5, 5.41) is 3.53. The Morgan fingerprint density at radius 3 is 2.77 bits per heavy atom. The zero-order chi connectivity index (χ0) is 18.8. The van der Waals surface area contributed by atoms with Gasteiger partial charge in [-0.2, -0.15) is 0 Å². The van der Waals surface area contributed by atoms with E-state index in [1.165, 1.54) is 50.9 Å². The Morgan fingerprint density at radius 2 is 2.15 bits per heavy atom. The van der Waals surface area contributed by atoms with Crippen molar-refractivity contribution in [3.63, 3.8) is 0 Å². The summed E-state index contributed by atoms with van der Waals surface area (Å²) in [6.07, 6.45) is 7.80. The molecule has 2 heterocycles. The number of rotatable bonds is 4. The molecule has 1 aliphatic heterocycles. The molecule has 0 N–H and O–H groups in total. The van der Waals surface area contributed by atoms with Gasteiger partial charge < -0.3 is 4.57 Å². The molecule has 0 bridgehead atoms. The Balaban J connectivity index is 2.29. The lowest BCUT2D eigenvalue weighted by atomic mass is 9.93. The van der Waals surface area contributed by atoms with Crippen LogP contribution in [0.3, 0.4) is 0 Å². The van der Waals surface area contributed by atoms with Crippen LogP contribution in [0.15, 0.2) is 40.6 Å². The van der Waals surface area contributed by atoms with Crippen molar-refractivity contribution in [2.75, 3.05) is 0 Å². The molecular weight excluding hydrogens is 358 g/mol. The van der Waals surface area contributed by atoms with Crippen molar-refractivity contribution >= 4 is 35.0 Å². The standard InChI is InChI=1S/C23H28ClNS/c1-6-9-20-21(15(3)4)23(22-17(7-2)10-8-13-25(20)22)26-18-12-11-16(5)19(24)14-18/h6,9,11-12,14,17H,1,7-8,10,13H2,2-5H3/b20-9+. The number of allylic oxidation sites excluding steroid dienone is 1. The molecule has 0 aliphatic carbocycles. The lowest BCUT2D eigenvalue weighted by molar-refractivity contribution is 0.434. The lowest BCUT2D eigenvalue weighted by Gasteiger charge is -2.25. The van der Waals surface area contributed by atoms with Gasteiger partial charge in [0, 0.05) is 43.5 Å². The van der Waals surface area contributed by atoms with Crippen molar-refractivity contribution in [3.8, 4) is 0 Å². The van der Waals surface area contributed by atoms with Crippen molar-refractivity contribution in [2.45, 2.75) is 69.2 Å². The monoisotopic (exact) mass is 385 g/mol. The molecule has 1 aromatic carbocycles. The fourth-order valence-corrected chi connectivity index (χ4v) is 5.52. The van der Waals surface area contributed by atoms with Crippen LogP contribution in [0.25, 0.3) is 11.6 Å². The summed E-state index contributed by atoms with van der Waals surface area (Å²) >= 11 is 8.26. The highest BCUT2D eigenvalue weighted by molar-refractivity contribution is 7.99. The minimum Gasteiger partial charge on any atom is -0.343 e. The van der Waals surface area contributed by atoms with Crippen molar-refractivity contribution in [1.29, 1.82) is 0 Å². The van der Waals surface area contributed by atoms with Gasteiger partial charge in [-0.25, -0.2) is 0 Å². The zero-order valence-electron chi connectivity index (χ0n) is 16.2. The van der Waals surface area contributed by atoms with E-state index in [1.54, 1.807) is 0 Å². The van der Waals surface area contributed by atoms with E-state index in [1.807, 2.05) is 17.8 Å². The first-order valence-electron chi connectivity index (χ1n) is 9.44. The molecule has 0 amide bonds. The van der Waals surface area contributed by atoms with Crippen LogP contribution in [-0.4, -0.2) is 4.57 Å². The number of hydrogen-bond donors (Lipinski definition) is 0. The summed E-state index contributed by atoms with van der Waals surface area (Å²) in [5.41, 5.74) is 3.99. The third-order valence-electron chi connectivity index (χ3n) is 5.25. The van der Waals surface area contributed by atoms with Gasteiger partial charge in [-0.05, 0) is 63.8 Å². The van der Waals surface area contributed by atoms with Crippen molar-refractivity contribution in [2.24, 2.45) is 0 Å². The van der Waals surface area contributed by atoms with Gasteiger partial charge in [-0.1, -0.05) is 54.6 Å². The Morgan fingerprint density at radius 1 is 1.38 bits per heavy atom. The van der Waals surface area contributed by atoms with E-state index in [4.69, 9.17) is 11.6 Å². The molecule has 2 aromatic rings. The average Bonchev–Trinajstić information content (AvgIpc) is 2.92. The van der Waals surface area contributed by atoms with Gasteiger partial charge in [0.25, 0.3) is 0 Å². The highest BCUT2D eigenvalue weighted by Gasteiger charge is 2.26. The molecule has 3 rings (SSSR count). The summed E-state index contributed by atoms with van der Waals surface area (Å²) < 4.78 is 2.54. The molecule has 1 unspecified atom stereocenters. The Bertz CT molecular complexity index is 948. The fraction of sp³-hybridized carbons (Fsp3) is 0.391. The van der Waals surface area contributed by atoms with Crippen LogP contribution < -0.4 is 10.6 Å². The van der Waals surface area contributed by atoms with Gasteiger partial charge in [0.2, 0.25) is 0 Å². The van der Waals surface area contributed by atoms with Crippen molar-refractivity contribution < 1.29 is 0 Å². The number of benzene rings is 1. The van der Waals surface area contributed by atoms with E-state index in [9.17, 15) is 0 Å².